The number of nitrogens with zero attached hydrogens (tertiary/aromatic N) is 3. The Morgan fingerprint density at radius 2 is 1.75 bits per heavy atom. The van der Waals surface area contributed by atoms with Crippen LogP contribution in [0.1, 0.15) is 86.0 Å². The zero-order chi connectivity index (χ0) is 45.2. The van der Waals surface area contributed by atoms with Gasteiger partial charge in [-0.15, -0.1) is 6.58 Å². The van der Waals surface area contributed by atoms with E-state index in [0.717, 1.165) is 49.7 Å². The van der Waals surface area contributed by atoms with Gasteiger partial charge >= 0.3 is 6.09 Å². The van der Waals surface area contributed by atoms with E-state index in [-0.39, 0.29) is 55.4 Å². The van der Waals surface area contributed by atoms with Crippen molar-refractivity contribution in [3.63, 3.8) is 0 Å². The van der Waals surface area contributed by atoms with Crippen molar-refractivity contribution in [2.45, 2.75) is 88.2 Å². The molecule has 0 radical (unpaired) electrons. The van der Waals surface area contributed by atoms with Crippen LogP contribution in [0.3, 0.4) is 0 Å². The molecule has 16 nitrogen and oxygen atoms in total. The van der Waals surface area contributed by atoms with Gasteiger partial charge in [0.15, 0.2) is 6.29 Å². The molecule has 0 spiro atoms. The van der Waals surface area contributed by atoms with E-state index in [1.807, 2.05) is 12.1 Å². The summed E-state index contributed by atoms with van der Waals surface area (Å²) in [6.07, 6.45) is 10.1. The predicted octanol–water partition coefficient (Wildman–Crippen LogP) is 8.50. The van der Waals surface area contributed by atoms with E-state index in [2.05, 4.69) is 12.7 Å². The molecule has 3 aromatic rings. The molecule has 7 unspecified atom stereocenters. The highest BCUT2D eigenvalue weighted by Gasteiger charge is 2.65. The molecule has 1 amide bonds. The Bertz CT molecular complexity index is 2190. The van der Waals surface area contributed by atoms with Gasteiger partial charge in [-0.2, -0.15) is 0 Å². The number of amides is 1. The number of unbranched alkanes of at least 4 members (excludes halogenated alkanes) is 2. The van der Waals surface area contributed by atoms with Gasteiger partial charge in [0, 0.05) is 56.7 Å². The number of non-ortho nitro benzene ring substituents is 1. The molecule has 2 heterocycles. The Hall–Kier alpha value is -5.81. The third-order valence-electron chi connectivity index (χ3n) is 12.6. The van der Waals surface area contributed by atoms with Crippen molar-refractivity contribution in [3.8, 4) is 28.7 Å². The van der Waals surface area contributed by atoms with Gasteiger partial charge in [0.1, 0.15) is 34.8 Å². The number of methoxy groups -OCH3 is 1. The van der Waals surface area contributed by atoms with Crippen molar-refractivity contribution in [2.24, 2.45) is 22.9 Å². The number of rotatable bonds is 20. The summed E-state index contributed by atoms with van der Waals surface area (Å²) in [7, 11) is 3.09. The maximum atomic E-state index is 14.3. The number of nitro benzene ring substituents is 1. The summed E-state index contributed by atoms with van der Waals surface area (Å²) in [5, 5.41) is 36.1. The molecule has 1 saturated carbocycles. The molecule has 16 heteroatoms. The summed E-state index contributed by atoms with van der Waals surface area (Å²) in [5.74, 6) is -0.595. The molecule has 1 saturated heterocycles. The highest BCUT2D eigenvalue weighted by atomic mass is 16.8. The van der Waals surface area contributed by atoms with Crippen LogP contribution in [0, 0.1) is 27.9 Å². The fourth-order valence-electron chi connectivity index (χ4n) is 9.65. The molecule has 0 bridgehead atoms. The monoisotopic (exact) mass is 883 g/mol. The highest BCUT2D eigenvalue weighted by molar-refractivity contribution is 6.03. The van der Waals surface area contributed by atoms with E-state index in [1.165, 1.54) is 36.3 Å². The van der Waals surface area contributed by atoms with Gasteiger partial charge in [-0.3, -0.25) is 14.9 Å². The average Bonchev–Trinajstić information content (AvgIpc) is 3.31. The molecule has 2 aliphatic carbocycles. The van der Waals surface area contributed by atoms with Crippen molar-refractivity contribution in [1.29, 1.82) is 0 Å². The largest absolute Gasteiger partial charge is 0.496 e. The minimum Gasteiger partial charge on any atom is -0.496 e. The summed E-state index contributed by atoms with van der Waals surface area (Å²) in [5.41, 5.74) is 2.45. The number of carbonyl (C=O) groups is 2. The third kappa shape index (κ3) is 9.94. The summed E-state index contributed by atoms with van der Waals surface area (Å²) >= 11 is 0. The van der Waals surface area contributed by atoms with Gasteiger partial charge in [-0.25, -0.2) is 4.79 Å². The lowest BCUT2D eigenvalue weighted by Gasteiger charge is -2.59. The first kappa shape index (κ1) is 46.2. The zero-order valence-corrected chi connectivity index (χ0v) is 36.3. The molecule has 2 aliphatic heterocycles. The molecular weight excluding hydrogens is 827 g/mol. The van der Waals surface area contributed by atoms with Crippen LogP contribution in [0.4, 0.5) is 10.5 Å². The van der Waals surface area contributed by atoms with Crippen LogP contribution in [0.25, 0.3) is 0 Å². The molecule has 7 rings (SSSR count). The second-order valence-electron chi connectivity index (χ2n) is 16.5. The number of fused-ring (bicyclic) bond motifs is 2. The van der Waals surface area contributed by atoms with E-state index in [0.29, 0.717) is 66.4 Å². The molecular formula is C48H57N3O13. The summed E-state index contributed by atoms with van der Waals surface area (Å²) in [6.45, 7) is 4.67. The number of nitro groups is 1. The third-order valence-corrected chi connectivity index (χ3v) is 12.6. The van der Waals surface area contributed by atoms with Crippen molar-refractivity contribution in [2.75, 3.05) is 40.6 Å². The SMILES string of the molecule is C=CCOC12Oc3ccc(Oc4ccc(OC)c(C=O)c4)cc3C3C(CCCCO)C(CCCCO)C=C(C(=NOC4CCCCO4)CC1N(C)C(=O)Oc1ccc([N+](=O)[O-])cc1)C32. The lowest BCUT2D eigenvalue weighted by Crippen LogP contribution is -2.69. The van der Waals surface area contributed by atoms with Gasteiger partial charge in [0.25, 0.3) is 5.69 Å². The van der Waals surface area contributed by atoms with Crippen molar-refractivity contribution < 1.29 is 58.0 Å². The maximum Gasteiger partial charge on any atom is 0.415 e. The number of hydrogen-bond acceptors (Lipinski definition) is 14. The number of hydrogen-bond donors (Lipinski definition) is 2. The number of likely N-dealkylation sites (N-methyl/N-ethyl adjacent to an activating group) is 1. The second kappa shape index (κ2) is 21.2. The van der Waals surface area contributed by atoms with Crippen LogP contribution in [0.15, 0.2) is 90.1 Å². The first-order chi connectivity index (χ1) is 31.1. The van der Waals surface area contributed by atoms with E-state index >= 15 is 0 Å². The van der Waals surface area contributed by atoms with Gasteiger partial charge in [0.2, 0.25) is 12.1 Å². The van der Waals surface area contributed by atoms with E-state index in [9.17, 15) is 29.9 Å². The number of allylic oxidation sites excluding steroid dienone is 1. The number of ether oxygens (including phenoxy) is 6. The number of aliphatic hydroxyl groups is 2. The standard InChI is InChI=1S/C48H57N3O13/c1-4-24-60-48-43(50(2)47(55)62-34-16-14-33(15-17-34)51(56)57)29-40(49-64-44-13-7-10-25-59-44)38-27-31(11-5-8-22-52)37(12-6-9-23-53)45(46(38)48)39-28-36(19-21-42(39)63-48)61-35-18-20-41(58-3)32(26-35)30-54/h4,14-21,26-28,30-31,37,43-46,52-53H,1,5-13,22-25,29H2,2-3H3. The number of aliphatic hydroxyl groups excluding tert-OH is 2. The minimum absolute atomic E-state index is 0.0108. The van der Waals surface area contributed by atoms with Crippen LogP contribution in [-0.4, -0.2) is 96.8 Å². The molecule has 64 heavy (non-hydrogen) atoms. The Morgan fingerprint density at radius 1 is 1.02 bits per heavy atom. The first-order valence-corrected chi connectivity index (χ1v) is 22.0. The Labute approximate surface area is 372 Å². The fourth-order valence-corrected chi connectivity index (χ4v) is 9.65. The van der Waals surface area contributed by atoms with Gasteiger partial charge in [-0.1, -0.05) is 30.1 Å². The van der Waals surface area contributed by atoms with Crippen LogP contribution in [0.5, 0.6) is 28.7 Å². The maximum absolute atomic E-state index is 14.3. The molecule has 3 aromatic carbocycles. The minimum atomic E-state index is -1.55. The first-order valence-electron chi connectivity index (χ1n) is 22.0. The van der Waals surface area contributed by atoms with E-state index in [1.54, 1.807) is 37.4 Å². The Balaban J connectivity index is 1.39. The zero-order valence-electron chi connectivity index (χ0n) is 36.3. The lowest BCUT2D eigenvalue weighted by molar-refractivity contribution is -0.384. The lowest BCUT2D eigenvalue weighted by atomic mass is 9.55. The van der Waals surface area contributed by atoms with Crippen LogP contribution in [-0.2, 0) is 14.3 Å². The smallest absolute Gasteiger partial charge is 0.415 e. The highest BCUT2D eigenvalue weighted by Crippen LogP contribution is 2.62. The summed E-state index contributed by atoms with van der Waals surface area (Å²) in [4.78, 5) is 44.7. The van der Waals surface area contributed by atoms with Gasteiger partial charge in [0.05, 0.1) is 42.4 Å². The quantitative estimate of drug-likeness (QED) is 0.0360. The number of benzene rings is 3. The van der Waals surface area contributed by atoms with Crippen molar-refractivity contribution in [3.05, 3.63) is 106 Å². The molecule has 0 aromatic heterocycles. The predicted molar refractivity (Wildman–Crippen MR) is 235 cm³/mol. The Kier molecular flexibility index (Phi) is 15.3. The van der Waals surface area contributed by atoms with Crippen molar-refractivity contribution in [1.82, 2.24) is 4.90 Å². The summed E-state index contributed by atoms with van der Waals surface area (Å²) < 4.78 is 37.7. The summed E-state index contributed by atoms with van der Waals surface area (Å²) in [6, 6.07) is 14.9. The molecule has 342 valence electrons. The van der Waals surface area contributed by atoms with E-state index in [4.69, 9.17) is 38.4 Å². The Morgan fingerprint density at radius 3 is 2.44 bits per heavy atom. The van der Waals surface area contributed by atoms with Crippen LogP contribution >= 0.6 is 0 Å². The average molecular weight is 884 g/mol. The van der Waals surface area contributed by atoms with Crippen LogP contribution < -0.4 is 18.9 Å². The number of aldehydes is 1. The molecule has 2 N–H and O–H groups in total. The number of oxime groups is 1. The topological polar surface area (TPSA) is 198 Å². The number of carbonyl (C=O) groups excluding carboxylic acids is 2. The molecule has 4 aliphatic rings. The fraction of sp³-hybridized carbons (Fsp3) is 0.479. The molecule has 7 atom stereocenters. The van der Waals surface area contributed by atoms with Gasteiger partial charge in [-0.05, 0) is 104 Å². The van der Waals surface area contributed by atoms with Gasteiger partial charge < -0.3 is 48.4 Å². The second-order valence-corrected chi connectivity index (χ2v) is 16.5. The normalized spacial score (nSPS) is 25.1. The van der Waals surface area contributed by atoms with Crippen LogP contribution in [0.2, 0.25) is 0 Å². The van der Waals surface area contributed by atoms with Crippen molar-refractivity contribution >= 4 is 23.8 Å². The molecule has 2 fully saturated rings. The van der Waals surface area contributed by atoms with E-state index < -0.39 is 35.1 Å².